The average molecular weight is 561 g/mol. The molecule has 3 N–H and O–H groups in total. The lowest BCUT2D eigenvalue weighted by molar-refractivity contribution is -0.136. The molecular formula is C30H37FN8O2. The lowest BCUT2D eigenvalue weighted by Gasteiger charge is -2.38. The molecule has 11 heteroatoms. The van der Waals surface area contributed by atoms with Crippen molar-refractivity contribution in [2.45, 2.75) is 84.0 Å². The van der Waals surface area contributed by atoms with Gasteiger partial charge in [-0.2, -0.15) is 10.1 Å². The number of hydrogen-bond donors (Lipinski definition) is 3. The van der Waals surface area contributed by atoms with Gasteiger partial charge in [-0.25, -0.2) is 9.37 Å². The highest BCUT2D eigenvalue weighted by Crippen LogP contribution is 2.35. The number of hydrogen-bond acceptors (Lipinski definition) is 8. The molecule has 0 spiro atoms. The molecule has 2 fully saturated rings. The van der Waals surface area contributed by atoms with Crippen molar-refractivity contribution < 1.29 is 13.7 Å². The van der Waals surface area contributed by atoms with Crippen LogP contribution in [0, 0.1) is 11.7 Å². The first kappa shape index (κ1) is 27.3. The molecule has 0 unspecified atom stereocenters. The minimum absolute atomic E-state index is 0.0809. The van der Waals surface area contributed by atoms with Crippen molar-refractivity contribution in [1.82, 2.24) is 35.5 Å². The predicted octanol–water partition coefficient (Wildman–Crippen LogP) is 4.94. The van der Waals surface area contributed by atoms with Crippen molar-refractivity contribution in [3.63, 3.8) is 0 Å². The SMILES string of the molecule is C[C@H]1CC[C@@H](Nc2n[nH]c3nccc(-c4ccc(CNCc5noc(C(C)(C)C)n5)c(F)c4)c23)CN1C(=O)C1CC1. The Morgan fingerprint density at radius 2 is 2.00 bits per heavy atom. The van der Waals surface area contributed by atoms with Gasteiger partial charge in [0.15, 0.2) is 17.3 Å². The van der Waals surface area contributed by atoms with Crippen LogP contribution < -0.4 is 10.6 Å². The van der Waals surface area contributed by atoms with Gasteiger partial charge in [0.2, 0.25) is 11.8 Å². The Bertz CT molecular complexity index is 1550. The summed E-state index contributed by atoms with van der Waals surface area (Å²) in [6, 6.07) is 7.46. The van der Waals surface area contributed by atoms with Gasteiger partial charge in [0.05, 0.1) is 11.9 Å². The summed E-state index contributed by atoms with van der Waals surface area (Å²) in [5, 5.41) is 19.1. The summed E-state index contributed by atoms with van der Waals surface area (Å²) in [4.78, 5) is 23.7. The number of carbonyl (C=O) groups is 1. The van der Waals surface area contributed by atoms with Crippen LogP contribution in [-0.2, 0) is 23.3 Å². The molecule has 1 aliphatic heterocycles. The predicted molar refractivity (Wildman–Crippen MR) is 153 cm³/mol. The zero-order valence-corrected chi connectivity index (χ0v) is 24.0. The smallest absolute Gasteiger partial charge is 0.232 e. The fraction of sp³-hybridized carbons (Fsp3) is 0.500. The van der Waals surface area contributed by atoms with Crippen LogP contribution in [0.3, 0.4) is 0 Å². The molecule has 1 saturated carbocycles. The largest absolute Gasteiger partial charge is 0.364 e. The molecule has 0 bridgehead atoms. The van der Waals surface area contributed by atoms with E-state index in [9.17, 15) is 4.79 Å². The average Bonchev–Trinajstić information content (AvgIpc) is 3.54. The Hall–Kier alpha value is -3.86. The Kier molecular flexibility index (Phi) is 7.23. The first-order chi connectivity index (χ1) is 19.7. The van der Waals surface area contributed by atoms with Crippen LogP contribution in [-0.4, -0.2) is 54.8 Å². The summed E-state index contributed by atoms with van der Waals surface area (Å²) >= 11 is 0. The van der Waals surface area contributed by atoms with Gasteiger partial charge in [0.1, 0.15) is 5.82 Å². The Balaban J connectivity index is 1.16. The third-order valence-electron chi connectivity index (χ3n) is 7.97. The van der Waals surface area contributed by atoms with Crippen LogP contribution in [0.4, 0.5) is 10.2 Å². The molecule has 4 heterocycles. The van der Waals surface area contributed by atoms with Crippen LogP contribution in [0.2, 0.25) is 0 Å². The lowest BCUT2D eigenvalue weighted by atomic mass is 9.97. The number of rotatable bonds is 8. The van der Waals surface area contributed by atoms with Crippen molar-refractivity contribution in [1.29, 1.82) is 0 Å². The topological polar surface area (TPSA) is 125 Å². The summed E-state index contributed by atoms with van der Waals surface area (Å²) in [7, 11) is 0. The number of halogens is 1. The third kappa shape index (κ3) is 5.81. The molecule has 216 valence electrons. The van der Waals surface area contributed by atoms with Gasteiger partial charge in [0.25, 0.3) is 0 Å². The van der Waals surface area contributed by atoms with Gasteiger partial charge >= 0.3 is 0 Å². The van der Waals surface area contributed by atoms with E-state index >= 15 is 4.39 Å². The highest BCUT2D eigenvalue weighted by atomic mass is 19.1. The Labute approximate surface area is 238 Å². The number of likely N-dealkylation sites (tertiary alicyclic amines) is 1. The van der Waals surface area contributed by atoms with Crippen LogP contribution in [0.5, 0.6) is 0 Å². The number of H-pyrrole nitrogens is 1. The molecular weight excluding hydrogens is 523 g/mol. The van der Waals surface area contributed by atoms with Gasteiger partial charge in [-0.15, -0.1) is 0 Å². The summed E-state index contributed by atoms with van der Waals surface area (Å²) in [6.45, 7) is 9.51. The number of piperidine rings is 1. The fourth-order valence-electron chi connectivity index (χ4n) is 5.38. The summed E-state index contributed by atoms with van der Waals surface area (Å²) in [6.07, 6.45) is 5.58. The first-order valence-corrected chi connectivity index (χ1v) is 14.4. The van der Waals surface area contributed by atoms with E-state index < -0.39 is 0 Å². The van der Waals surface area contributed by atoms with Crippen molar-refractivity contribution in [3.05, 3.63) is 53.6 Å². The number of carbonyl (C=O) groups excluding carboxylic acids is 1. The molecule has 3 aromatic heterocycles. The number of aromatic amines is 1. The number of anilines is 1. The number of nitrogens with zero attached hydrogens (tertiary/aromatic N) is 5. The van der Waals surface area contributed by atoms with Crippen LogP contribution in [0.25, 0.3) is 22.2 Å². The summed E-state index contributed by atoms with van der Waals surface area (Å²) < 4.78 is 20.6. The van der Waals surface area contributed by atoms with E-state index in [1.165, 1.54) is 0 Å². The minimum atomic E-state index is -0.308. The Morgan fingerprint density at radius 1 is 1.17 bits per heavy atom. The van der Waals surface area contributed by atoms with E-state index in [0.29, 0.717) is 48.4 Å². The normalized spacial score (nSPS) is 19.6. The zero-order valence-electron chi connectivity index (χ0n) is 24.0. The fourth-order valence-corrected chi connectivity index (χ4v) is 5.38. The molecule has 6 rings (SSSR count). The molecule has 1 aromatic carbocycles. The van der Waals surface area contributed by atoms with Gasteiger partial charge < -0.3 is 20.1 Å². The second-order valence-electron chi connectivity index (χ2n) is 12.4. The third-order valence-corrected chi connectivity index (χ3v) is 7.97. The number of pyridine rings is 1. The van der Waals surface area contributed by atoms with Crippen molar-refractivity contribution in [2.75, 3.05) is 11.9 Å². The maximum absolute atomic E-state index is 15.3. The highest BCUT2D eigenvalue weighted by molar-refractivity contribution is 6.00. The van der Waals surface area contributed by atoms with E-state index in [1.807, 2.05) is 37.8 Å². The lowest BCUT2D eigenvalue weighted by Crippen LogP contribution is -2.50. The second kappa shape index (κ2) is 10.8. The van der Waals surface area contributed by atoms with E-state index in [4.69, 9.17) is 4.52 Å². The maximum Gasteiger partial charge on any atom is 0.232 e. The number of nitrogens with one attached hydrogen (secondary N) is 3. The number of fused-ring (bicyclic) bond motifs is 1. The monoisotopic (exact) mass is 560 g/mol. The minimum Gasteiger partial charge on any atom is -0.364 e. The molecule has 41 heavy (non-hydrogen) atoms. The van der Waals surface area contributed by atoms with Crippen molar-refractivity contribution in [2.24, 2.45) is 5.92 Å². The van der Waals surface area contributed by atoms with Crippen LogP contribution in [0.1, 0.15) is 70.7 Å². The number of aromatic nitrogens is 5. The van der Waals surface area contributed by atoms with Crippen LogP contribution in [0.15, 0.2) is 35.0 Å². The molecule has 10 nitrogen and oxygen atoms in total. The van der Waals surface area contributed by atoms with Crippen molar-refractivity contribution >= 4 is 22.8 Å². The van der Waals surface area contributed by atoms with Gasteiger partial charge in [0, 0.05) is 48.3 Å². The van der Waals surface area contributed by atoms with Crippen LogP contribution >= 0.6 is 0 Å². The maximum atomic E-state index is 15.3. The van der Waals surface area contributed by atoms with Gasteiger partial charge in [-0.3, -0.25) is 9.89 Å². The molecule has 1 saturated heterocycles. The van der Waals surface area contributed by atoms with E-state index in [-0.39, 0.29) is 35.1 Å². The second-order valence-corrected chi connectivity index (χ2v) is 12.4. The summed E-state index contributed by atoms with van der Waals surface area (Å²) in [5.74, 6) is 1.95. The summed E-state index contributed by atoms with van der Waals surface area (Å²) in [5.41, 5.74) is 2.52. The quantitative estimate of drug-likeness (QED) is 0.277. The molecule has 4 aromatic rings. The van der Waals surface area contributed by atoms with E-state index in [0.717, 1.165) is 42.2 Å². The molecule has 2 atom stereocenters. The molecule has 1 amide bonds. The Morgan fingerprint density at radius 3 is 2.73 bits per heavy atom. The van der Waals surface area contributed by atoms with Gasteiger partial charge in [-0.1, -0.05) is 38.1 Å². The standard InChI is InChI=1S/C30H37FN8O2/c1-17-5-10-21(16-39(17)28(40)18-6-7-18)34-27-25-22(11-12-33-26(25)36-37-27)19-8-9-20(23(31)13-19)14-32-15-24-35-29(41-38-24)30(2,3)4/h8-9,11-13,17-18,21,32H,5-7,10,14-16H2,1-4H3,(H2,33,34,36,37)/t17-,21+/m0/s1. The number of benzene rings is 1. The molecule has 1 aliphatic carbocycles. The highest BCUT2D eigenvalue weighted by Gasteiger charge is 2.38. The van der Waals surface area contributed by atoms with Gasteiger partial charge in [-0.05, 0) is 55.9 Å². The van der Waals surface area contributed by atoms with E-state index in [2.05, 4.69) is 42.9 Å². The van der Waals surface area contributed by atoms with Crippen molar-refractivity contribution in [3.8, 4) is 11.1 Å². The van der Waals surface area contributed by atoms with E-state index in [1.54, 1.807) is 18.3 Å². The number of amides is 1. The first-order valence-electron chi connectivity index (χ1n) is 14.4. The molecule has 2 aliphatic rings. The molecule has 0 radical (unpaired) electrons. The zero-order chi connectivity index (χ0) is 28.7.